The maximum absolute atomic E-state index is 10.9. The summed E-state index contributed by atoms with van der Waals surface area (Å²) < 4.78 is 11.5. The van der Waals surface area contributed by atoms with E-state index >= 15 is 0 Å². The Labute approximate surface area is 143 Å². The maximum atomic E-state index is 10.9. The van der Waals surface area contributed by atoms with Gasteiger partial charge in [0, 0.05) is 6.42 Å². The summed E-state index contributed by atoms with van der Waals surface area (Å²) in [5, 5.41) is 12.6. The molecule has 3 rings (SSSR count). The van der Waals surface area contributed by atoms with Crippen molar-refractivity contribution in [1.29, 1.82) is 0 Å². The molecule has 1 fully saturated rings. The second kappa shape index (κ2) is 7.46. The SMILES string of the molecule is O=C(O)c1ccc(O[C@@H]2CCOC[C@H]2Nc2ncc(Cl)cn2)cc1. The summed E-state index contributed by atoms with van der Waals surface area (Å²) in [6.07, 6.45) is 3.59. The normalized spacial score (nSPS) is 20.4. The Morgan fingerprint density at radius 1 is 1.29 bits per heavy atom. The van der Waals surface area contributed by atoms with Gasteiger partial charge in [-0.3, -0.25) is 0 Å². The van der Waals surface area contributed by atoms with Gasteiger partial charge in [0.2, 0.25) is 5.95 Å². The number of rotatable bonds is 5. The summed E-state index contributed by atoms with van der Waals surface area (Å²) >= 11 is 5.78. The van der Waals surface area contributed by atoms with Gasteiger partial charge in [-0.05, 0) is 24.3 Å². The van der Waals surface area contributed by atoms with Gasteiger partial charge in [-0.1, -0.05) is 11.6 Å². The molecule has 24 heavy (non-hydrogen) atoms. The van der Waals surface area contributed by atoms with Gasteiger partial charge in [-0.25, -0.2) is 14.8 Å². The average molecular weight is 350 g/mol. The number of hydrogen-bond acceptors (Lipinski definition) is 6. The highest BCUT2D eigenvalue weighted by molar-refractivity contribution is 6.30. The van der Waals surface area contributed by atoms with Crippen LogP contribution in [0.15, 0.2) is 36.7 Å². The molecule has 1 aliphatic rings. The zero-order chi connectivity index (χ0) is 16.9. The van der Waals surface area contributed by atoms with E-state index in [-0.39, 0.29) is 17.7 Å². The summed E-state index contributed by atoms with van der Waals surface area (Å²) in [5.74, 6) is 0.0903. The first kappa shape index (κ1) is 16.5. The zero-order valence-corrected chi connectivity index (χ0v) is 13.4. The number of carboxylic acids is 1. The molecule has 1 aromatic heterocycles. The molecule has 0 spiro atoms. The largest absolute Gasteiger partial charge is 0.488 e. The van der Waals surface area contributed by atoms with Crippen molar-refractivity contribution in [3.63, 3.8) is 0 Å². The second-order valence-corrected chi connectivity index (χ2v) is 5.76. The molecule has 2 N–H and O–H groups in total. The van der Waals surface area contributed by atoms with E-state index in [1.54, 1.807) is 12.1 Å². The lowest BCUT2D eigenvalue weighted by Crippen LogP contribution is -2.46. The molecular formula is C16H16ClN3O4. The summed E-state index contributed by atoms with van der Waals surface area (Å²) in [7, 11) is 0. The summed E-state index contributed by atoms with van der Waals surface area (Å²) in [5.41, 5.74) is 0.221. The number of carboxylic acid groups (broad SMARTS) is 1. The van der Waals surface area contributed by atoms with Gasteiger partial charge in [0.1, 0.15) is 11.9 Å². The Morgan fingerprint density at radius 2 is 2.00 bits per heavy atom. The third kappa shape index (κ3) is 4.12. The third-order valence-electron chi connectivity index (χ3n) is 3.62. The van der Waals surface area contributed by atoms with Crippen LogP contribution in [0.3, 0.4) is 0 Å². The van der Waals surface area contributed by atoms with E-state index in [9.17, 15) is 4.79 Å². The predicted octanol–water partition coefficient (Wildman–Crippen LogP) is 2.48. The fourth-order valence-electron chi connectivity index (χ4n) is 2.40. The number of ether oxygens (including phenoxy) is 2. The molecular weight excluding hydrogens is 334 g/mol. The van der Waals surface area contributed by atoms with Gasteiger partial charge >= 0.3 is 5.97 Å². The predicted molar refractivity (Wildman–Crippen MR) is 87.7 cm³/mol. The van der Waals surface area contributed by atoms with Crippen molar-refractivity contribution >= 4 is 23.5 Å². The average Bonchev–Trinajstić information content (AvgIpc) is 2.59. The summed E-state index contributed by atoms with van der Waals surface area (Å²) in [6.45, 7) is 1.06. The van der Waals surface area contributed by atoms with Gasteiger partial charge in [-0.15, -0.1) is 0 Å². The monoisotopic (exact) mass is 349 g/mol. The van der Waals surface area contributed by atoms with E-state index in [0.29, 0.717) is 36.4 Å². The number of aromatic carboxylic acids is 1. The lowest BCUT2D eigenvalue weighted by Gasteiger charge is -2.32. The number of nitrogens with one attached hydrogen (secondary N) is 1. The van der Waals surface area contributed by atoms with Crippen molar-refractivity contribution in [3.8, 4) is 5.75 Å². The van der Waals surface area contributed by atoms with E-state index in [1.807, 2.05) is 0 Å². The van der Waals surface area contributed by atoms with Crippen molar-refractivity contribution in [3.05, 3.63) is 47.2 Å². The number of hydrogen-bond donors (Lipinski definition) is 2. The van der Waals surface area contributed by atoms with Gasteiger partial charge in [0.15, 0.2) is 0 Å². The zero-order valence-electron chi connectivity index (χ0n) is 12.7. The molecule has 0 radical (unpaired) electrons. The molecule has 0 unspecified atom stereocenters. The van der Waals surface area contributed by atoms with Crippen LogP contribution in [0.2, 0.25) is 5.02 Å². The Hall–Kier alpha value is -2.38. The molecule has 2 atom stereocenters. The Kier molecular flexibility index (Phi) is 5.12. The van der Waals surface area contributed by atoms with Crippen molar-refractivity contribution in [2.45, 2.75) is 18.6 Å². The first-order chi connectivity index (χ1) is 11.6. The van der Waals surface area contributed by atoms with Crippen LogP contribution in [0.1, 0.15) is 16.8 Å². The van der Waals surface area contributed by atoms with E-state index < -0.39 is 5.97 Å². The number of nitrogens with zero attached hydrogens (tertiary/aromatic N) is 2. The van der Waals surface area contributed by atoms with Crippen LogP contribution in [0.5, 0.6) is 5.75 Å². The molecule has 126 valence electrons. The Bertz CT molecular complexity index is 693. The first-order valence-corrected chi connectivity index (χ1v) is 7.81. The van der Waals surface area contributed by atoms with Gasteiger partial charge in [-0.2, -0.15) is 0 Å². The summed E-state index contributed by atoms with van der Waals surface area (Å²) in [6, 6.07) is 6.20. The number of benzene rings is 1. The molecule has 0 saturated carbocycles. The number of aromatic nitrogens is 2. The molecule has 2 heterocycles. The summed E-state index contributed by atoms with van der Waals surface area (Å²) in [4.78, 5) is 19.1. The minimum absolute atomic E-state index is 0.126. The molecule has 1 aromatic carbocycles. The maximum Gasteiger partial charge on any atom is 0.335 e. The molecule has 2 aromatic rings. The van der Waals surface area contributed by atoms with Crippen LogP contribution in [0.4, 0.5) is 5.95 Å². The highest BCUT2D eigenvalue weighted by atomic mass is 35.5. The van der Waals surface area contributed by atoms with Crippen LogP contribution < -0.4 is 10.1 Å². The lowest BCUT2D eigenvalue weighted by atomic mass is 10.1. The van der Waals surface area contributed by atoms with E-state index in [2.05, 4.69) is 15.3 Å². The van der Waals surface area contributed by atoms with Crippen molar-refractivity contribution in [1.82, 2.24) is 9.97 Å². The first-order valence-electron chi connectivity index (χ1n) is 7.43. The van der Waals surface area contributed by atoms with Crippen LogP contribution >= 0.6 is 11.6 Å². The number of carbonyl (C=O) groups is 1. The van der Waals surface area contributed by atoms with Crippen LogP contribution in [0.25, 0.3) is 0 Å². The van der Waals surface area contributed by atoms with Gasteiger partial charge in [0.05, 0.1) is 42.2 Å². The molecule has 8 heteroatoms. The standard InChI is InChI=1S/C16H16ClN3O4/c17-11-7-18-16(19-8-11)20-13-9-23-6-5-14(13)24-12-3-1-10(2-4-12)15(21)22/h1-4,7-8,13-14H,5-6,9H2,(H,21,22)(H,18,19,20)/t13-,14-/m1/s1. The quantitative estimate of drug-likeness (QED) is 0.856. The molecule has 1 aliphatic heterocycles. The van der Waals surface area contributed by atoms with Crippen LogP contribution in [-0.2, 0) is 4.74 Å². The van der Waals surface area contributed by atoms with Crippen LogP contribution in [-0.4, -0.2) is 46.4 Å². The Morgan fingerprint density at radius 3 is 2.67 bits per heavy atom. The molecule has 0 amide bonds. The fraction of sp³-hybridized carbons (Fsp3) is 0.312. The highest BCUT2D eigenvalue weighted by Gasteiger charge is 2.28. The highest BCUT2D eigenvalue weighted by Crippen LogP contribution is 2.21. The number of halogens is 1. The second-order valence-electron chi connectivity index (χ2n) is 5.33. The van der Waals surface area contributed by atoms with Crippen molar-refractivity contribution in [2.75, 3.05) is 18.5 Å². The fourth-order valence-corrected chi connectivity index (χ4v) is 2.50. The van der Waals surface area contributed by atoms with Crippen molar-refractivity contribution < 1.29 is 19.4 Å². The minimum Gasteiger partial charge on any atom is -0.488 e. The molecule has 0 bridgehead atoms. The van der Waals surface area contributed by atoms with Crippen molar-refractivity contribution in [2.24, 2.45) is 0 Å². The van der Waals surface area contributed by atoms with Crippen LogP contribution in [0, 0.1) is 0 Å². The van der Waals surface area contributed by atoms with E-state index in [1.165, 1.54) is 24.5 Å². The molecule has 7 nitrogen and oxygen atoms in total. The third-order valence-corrected chi connectivity index (χ3v) is 3.81. The topological polar surface area (TPSA) is 93.6 Å². The molecule has 1 saturated heterocycles. The minimum atomic E-state index is -0.966. The molecule has 0 aliphatic carbocycles. The Balaban J connectivity index is 1.67. The van der Waals surface area contributed by atoms with Gasteiger partial charge in [0.25, 0.3) is 0 Å². The van der Waals surface area contributed by atoms with E-state index in [0.717, 1.165) is 0 Å². The number of anilines is 1. The van der Waals surface area contributed by atoms with E-state index in [4.69, 9.17) is 26.2 Å². The van der Waals surface area contributed by atoms with Gasteiger partial charge < -0.3 is 19.9 Å². The lowest BCUT2D eigenvalue weighted by molar-refractivity contribution is 0.0145. The smallest absolute Gasteiger partial charge is 0.335 e.